The van der Waals surface area contributed by atoms with E-state index in [2.05, 4.69) is 20.4 Å². The van der Waals surface area contributed by atoms with Gasteiger partial charge < -0.3 is 14.4 Å². The third-order valence-electron chi connectivity index (χ3n) is 5.67. The molecule has 176 valence electrons. The highest BCUT2D eigenvalue weighted by molar-refractivity contribution is 7.99. The van der Waals surface area contributed by atoms with Crippen LogP contribution in [0.4, 0.5) is 5.95 Å². The molecule has 1 aromatic heterocycles. The second-order valence-electron chi connectivity index (χ2n) is 8.07. The Morgan fingerprint density at radius 1 is 0.971 bits per heavy atom. The Kier molecular flexibility index (Phi) is 6.66. The lowest BCUT2D eigenvalue weighted by Gasteiger charge is -2.27. The van der Waals surface area contributed by atoms with Crippen LogP contribution in [0.1, 0.15) is 19.3 Å². The number of ether oxygens (including phenoxy) is 2. The summed E-state index contributed by atoms with van der Waals surface area (Å²) in [7, 11) is 0. The van der Waals surface area contributed by atoms with Gasteiger partial charge in [0.15, 0.2) is 16.7 Å². The number of piperidine rings is 1. The Morgan fingerprint density at radius 3 is 2.50 bits per heavy atom. The molecular weight excluding hydrogens is 454 g/mol. The molecule has 0 radical (unpaired) electrons. The summed E-state index contributed by atoms with van der Waals surface area (Å²) < 4.78 is 13.2. The minimum atomic E-state index is -0.887. The first kappa shape index (κ1) is 22.3. The first-order valence-corrected chi connectivity index (χ1v) is 12.3. The van der Waals surface area contributed by atoms with Crippen molar-refractivity contribution >= 4 is 29.5 Å². The van der Waals surface area contributed by atoms with Crippen molar-refractivity contribution in [3.8, 4) is 17.2 Å². The van der Waals surface area contributed by atoms with E-state index in [0.717, 1.165) is 37.6 Å². The van der Waals surface area contributed by atoms with E-state index >= 15 is 0 Å². The molecule has 2 aliphatic rings. The van der Waals surface area contributed by atoms with Gasteiger partial charge in [-0.3, -0.25) is 19.5 Å². The van der Waals surface area contributed by atoms with E-state index in [1.54, 1.807) is 18.2 Å². The highest BCUT2D eigenvalue weighted by atomic mass is 32.2. The van der Waals surface area contributed by atoms with Gasteiger partial charge in [0.25, 0.3) is 5.91 Å². The SMILES string of the molecule is O=C(CSc1nnc(N2CCCCC2)n1-c1ccccc1)NC(=O)[C@@H]1COc2ccccc2O1. The van der Waals surface area contributed by atoms with Crippen molar-refractivity contribution in [1.29, 1.82) is 0 Å². The van der Waals surface area contributed by atoms with Crippen LogP contribution in [0.25, 0.3) is 5.69 Å². The lowest BCUT2D eigenvalue weighted by Crippen LogP contribution is -2.46. The predicted molar refractivity (Wildman–Crippen MR) is 128 cm³/mol. The molecule has 2 aliphatic heterocycles. The average Bonchev–Trinajstić information content (AvgIpc) is 3.32. The topological polar surface area (TPSA) is 98.6 Å². The number of anilines is 1. The van der Waals surface area contributed by atoms with Crippen molar-refractivity contribution in [3.05, 3.63) is 54.6 Å². The lowest BCUT2D eigenvalue weighted by atomic mass is 10.1. The number of carbonyl (C=O) groups excluding carboxylic acids is 2. The Hall–Kier alpha value is -3.53. The van der Waals surface area contributed by atoms with E-state index in [0.29, 0.717) is 16.7 Å². The van der Waals surface area contributed by atoms with Gasteiger partial charge in [0.1, 0.15) is 6.61 Å². The van der Waals surface area contributed by atoms with Crippen LogP contribution in [-0.2, 0) is 9.59 Å². The third-order valence-corrected chi connectivity index (χ3v) is 6.59. The summed E-state index contributed by atoms with van der Waals surface area (Å²) in [6.45, 7) is 1.90. The van der Waals surface area contributed by atoms with Crippen LogP contribution in [0.3, 0.4) is 0 Å². The molecule has 0 aliphatic carbocycles. The van der Waals surface area contributed by atoms with Crippen molar-refractivity contribution in [1.82, 2.24) is 20.1 Å². The minimum absolute atomic E-state index is 0.0148. The van der Waals surface area contributed by atoms with Crippen LogP contribution in [-0.4, -0.2) is 58.1 Å². The Labute approximate surface area is 201 Å². The van der Waals surface area contributed by atoms with Gasteiger partial charge in [-0.25, -0.2) is 0 Å². The summed E-state index contributed by atoms with van der Waals surface area (Å²) in [4.78, 5) is 27.3. The predicted octanol–water partition coefficient (Wildman–Crippen LogP) is 2.83. The summed E-state index contributed by atoms with van der Waals surface area (Å²) in [5, 5.41) is 11.8. The fourth-order valence-electron chi connectivity index (χ4n) is 3.99. The lowest BCUT2D eigenvalue weighted by molar-refractivity contribution is -0.135. The summed E-state index contributed by atoms with van der Waals surface area (Å²) >= 11 is 1.24. The molecule has 2 aromatic carbocycles. The second-order valence-corrected chi connectivity index (χ2v) is 9.01. The number of carbonyl (C=O) groups is 2. The van der Waals surface area contributed by atoms with E-state index in [9.17, 15) is 9.59 Å². The molecule has 0 unspecified atom stereocenters. The van der Waals surface area contributed by atoms with Gasteiger partial charge >= 0.3 is 0 Å². The van der Waals surface area contributed by atoms with Crippen LogP contribution in [0.2, 0.25) is 0 Å². The molecule has 1 saturated heterocycles. The zero-order valence-electron chi connectivity index (χ0n) is 18.6. The fraction of sp³-hybridized carbons (Fsp3) is 0.333. The highest BCUT2D eigenvalue weighted by Crippen LogP contribution is 2.31. The first-order chi connectivity index (χ1) is 16.7. The van der Waals surface area contributed by atoms with Gasteiger partial charge in [-0.1, -0.05) is 42.1 Å². The molecule has 2 amide bonds. The molecular formula is C24H25N5O4S. The van der Waals surface area contributed by atoms with Crippen molar-refractivity contribution in [2.24, 2.45) is 0 Å². The molecule has 0 saturated carbocycles. The fourth-order valence-corrected chi connectivity index (χ4v) is 4.74. The van der Waals surface area contributed by atoms with Crippen molar-refractivity contribution < 1.29 is 19.1 Å². The van der Waals surface area contributed by atoms with Gasteiger partial charge in [-0.15, -0.1) is 10.2 Å². The standard InChI is InChI=1S/C24H25N5O4S/c30-21(25-22(31)20-15-32-18-11-5-6-12-19(18)33-20)16-34-24-27-26-23(28-13-7-2-8-14-28)29(24)17-9-3-1-4-10-17/h1,3-6,9-12,20H,2,7-8,13-16H2,(H,25,30,31)/t20-/m0/s1. The number of rotatable bonds is 6. The van der Waals surface area contributed by atoms with E-state index < -0.39 is 17.9 Å². The zero-order chi connectivity index (χ0) is 23.3. The molecule has 0 bridgehead atoms. The third kappa shape index (κ3) is 4.86. The number of para-hydroxylation sites is 3. The van der Waals surface area contributed by atoms with Crippen LogP contribution in [0.5, 0.6) is 11.5 Å². The zero-order valence-corrected chi connectivity index (χ0v) is 19.4. The maximum atomic E-state index is 12.6. The van der Waals surface area contributed by atoms with Gasteiger partial charge in [0.2, 0.25) is 18.0 Å². The number of amides is 2. The van der Waals surface area contributed by atoms with Gasteiger partial charge in [0.05, 0.1) is 11.4 Å². The number of imide groups is 1. The number of hydrogen-bond donors (Lipinski definition) is 1. The van der Waals surface area contributed by atoms with Gasteiger partial charge in [0, 0.05) is 13.1 Å². The molecule has 1 fully saturated rings. The van der Waals surface area contributed by atoms with Gasteiger partial charge in [-0.2, -0.15) is 0 Å². The van der Waals surface area contributed by atoms with Crippen molar-refractivity contribution in [2.45, 2.75) is 30.5 Å². The van der Waals surface area contributed by atoms with Crippen molar-refractivity contribution in [2.75, 3.05) is 30.3 Å². The number of benzene rings is 2. The highest BCUT2D eigenvalue weighted by Gasteiger charge is 2.29. The largest absolute Gasteiger partial charge is 0.485 e. The molecule has 3 aromatic rings. The van der Waals surface area contributed by atoms with Crippen LogP contribution in [0, 0.1) is 0 Å². The smallest absolute Gasteiger partial charge is 0.271 e. The molecule has 5 rings (SSSR count). The Morgan fingerprint density at radius 2 is 1.71 bits per heavy atom. The van der Waals surface area contributed by atoms with Crippen LogP contribution < -0.4 is 19.7 Å². The van der Waals surface area contributed by atoms with E-state index in [4.69, 9.17) is 9.47 Å². The molecule has 9 nitrogen and oxygen atoms in total. The number of thioether (sulfide) groups is 1. The monoisotopic (exact) mass is 479 g/mol. The quantitative estimate of drug-likeness (QED) is 0.539. The average molecular weight is 480 g/mol. The Bertz CT molecular complexity index is 1160. The molecule has 3 heterocycles. The maximum Gasteiger partial charge on any atom is 0.271 e. The molecule has 0 spiro atoms. The number of fused-ring (bicyclic) bond motifs is 1. The summed E-state index contributed by atoms with van der Waals surface area (Å²) in [5.74, 6) is 0.894. The molecule has 10 heteroatoms. The van der Waals surface area contributed by atoms with Crippen molar-refractivity contribution in [3.63, 3.8) is 0 Å². The first-order valence-electron chi connectivity index (χ1n) is 11.3. The van der Waals surface area contributed by atoms with E-state index in [1.165, 1.54) is 18.2 Å². The van der Waals surface area contributed by atoms with Crippen LogP contribution >= 0.6 is 11.8 Å². The maximum absolute atomic E-state index is 12.6. The van der Waals surface area contributed by atoms with E-state index in [-0.39, 0.29) is 12.4 Å². The Balaban J connectivity index is 1.24. The number of nitrogens with zero attached hydrogens (tertiary/aromatic N) is 4. The van der Waals surface area contributed by atoms with Crippen LogP contribution in [0.15, 0.2) is 59.8 Å². The summed E-state index contributed by atoms with van der Waals surface area (Å²) in [5.41, 5.74) is 0.929. The second kappa shape index (κ2) is 10.2. The summed E-state index contributed by atoms with van der Waals surface area (Å²) in [6, 6.07) is 17.0. The normalized spacial score (nSPS) is 17.3. The molecule has 1 N–H and O–H groups in total. The molecule has 34 heavy (non-hydrogen) atoms. The summed E-state index contributed by atoms with van der Waals surface area (Å²) in [6.07, 6.45) is 2.56. The van der Waals surface area contributed by atoms with E-state index in [1.807, 2.05) is 41.0 Å². The number of aromatic nitrogens is 3. The minimum Gasteiger partial charge on any atom is -0.485 e. The number of nitrogens with one attached hydrogen (secondary N) is 1. The molecule has 1 atom stereocenters. The number of hydrogen-bond acceptors (Lipinski definition) is 8. The van der Waals surface area contributed by atoms with Gasteiger partial charge in [-0.05, 0) is 43.5 Å².